The molecular weight excluding hydrogens is 419 g/mol. The predicted molar refractivity (Wildman–Crippen MR) is 117 cm³/mol. The summed E-state index contributed by atoms with van der Waals surface area (Å²) in [5.74, 6) is 0.382. The number of benzene rings is 1. The molecule has 0 amide bonds. The van der Waals surface area contributed by atoms with E-state index in [0.29, 0.717) is 37.4 Å². The maximum atomic E-state index is 13.9. The Hall–Kier alpha value is -2.82. The number of nitrogens with zero attached hydrogens (tertiary/aromatic N) is 4. The zero-order valence-electron chi connectivity index (χ0n) is 17.4. The maximum absolute atomic E-state index is 13.9. The first-order valence-electron chi connectivity index (χ1n) is 10.0. The molecule has 1 atom stereocenters. The Morgan fingerprint density at radius 3 is 2.87 bits per heavy atom. The topological polar surface area (TPSA) is 94.2 Å². The minimum absolute atomic E-state index is 0.0233. The molecule has 164 valence electrons. The summed E-state index contributed by atoms with van der Waals surface area (Å²) in [4.78, 5) is 4.33. The lowest BCUT2D eigenvalue weighted by Crippen LogP contribution is -2.38. The Bertz CT molecular complexity index is 1160. The van der Waals surface area contributed by atoms with E-state index in [2.05, 4.69) is 20.5 Å². The molecule has 0 bridgehead atoms. The average molecular weight is 445 g/mol. The van der Waals surface area contributed by atoms with Crippen LogP contribution in [0.5, 0.6) is 0 Å². The maximum Gasteiger partial charge on any atom is 0.281 e. The fraction of sp³-hybridized carbons (Fsp3) is 0.333. The van der Waals surface area contributed by atoms with E-state index in [-0.39, 0.29) is 11.7 Å². The second-order valence-corrected chi connectivity index (χ2v) is 9.85. The molecule has 1 aliphatic rings. The van der Waals surface area contributed by atoms with Crippen molar-refractivity contribution in [1.29, 1.82) is 0 Å². The number of pyridine rings is 1. The molecule has 2 N–H and O–H groups in total. The van der Waals surface area contributed by atoms with Gasteiger partial charge in [-0.15, -0.1) is 0 Å². The summed E-state index contributed by atoms with van der Waals surface area (Å²) in [6.07, 6.45) is 4.15. The van der Waals surface area contributed by atoms with E-state index in [9.17, 15) is 12.8 Å². The molecular formula is C21H25FN6O2S. The number of halogens is 1. The molecule has 0 unspecified atom stereocenters. The zero-order chi connectivity index (χ0) is 22.0. The van der Waals surface area contributed by atoms with Crippen molar-refractivity contribution < 1.29 is 12.8 Å². The van der Waals surface area contributed by atoms with Crippen LogP contribution in [0.15, 0.2) is 48.8 Å². The highest BCUT2D eigenvalue weighted by molar-refractivity contribution is 7.86. The molecule has 0 saturated carbocycles. The second-order valence-electron chi connectivity index (χ2n) is 7.71. The monoisotopic (exact) mass is 444 g/mol. The lowest BCUT2D eigenvalue weighted by molar-refractivity contribution is 0.418. The van der Waals surface area contributed by atoms with Crippen LogP contribution in [0.4, 0.5) is 10.2 Å². The zero-order valence-corrected chi connectivity index (χ0v) is 18.2. The summed E-state index contributed by atoms with van der Waals surface area (Å²) in [6.45, 7) is 1.19. The van der Waals surface area contributed by atoms with Crippen molar-refractivity contribution in [2.45, 2.75) is 18.9 Å². The Kier molecular flexibility index (Phi) is 6.03. The van der Waals surface area contributed by atoms with Crippen LogP contribution in [-0.2, 0) is 16.8 Å². The Morgan fingerprint density at radius 2 is 2.10 bits per heavy atom. The van der Waals surface area contributed by atoms with Crippen molar-refractivity contribution in [3.63, 3.8) is 0 Å². The molecule has 8 nitrogen and oxygen atoms in total. The van der Waals surface area contributed by atoms with Gasteiger partial charge in [-0.25, -0.2) is 9.37 Å². The Balaban J connectivity index is 1.51. The fourth-order valence-electron chi connectivity index (χ4n) is 3.76. The van der Waals surface area contributed by atoms with Gasteiger partial charge in [-0.05, 0) is 30.2 Å². The molecule has 1 fully saturated rings. The minimum atomic E-state index is -3.44. The molecule has 3 heterocycles. The average Bonchev–Trinajstić information content (AvgIpc) is 3.43. The van der Waals surface area contributed by atoms with Crippen LogP contribution < -0.4 is 5.32 Å². The third-order valence-electron chi connectivity index (χ3n) is 5.50. The molecule has 3 aromatic rings. The van der Waals surface area contributed by atoms with Gasteiger partial charge in [0.1, 0.15) is 11.6 Å². The first-order chi connectivity index (χ1) is 14.9. The van der Waals surface area contributed by atoms with Gasteiger partial charge >= 0.3 is 0 Å². The minimum Gasteiger partial charge on any atom is -0.366 e. The first kappa shape index (κ1) is 21.4. The van der Waals surface area contributed by atoms with Crippen molar-refractivity contribution in [3.8, 4) is 11.1 Å². The number of rotatable bonds is 7. The summed E-state index contributed by atoms with van der Waals surface area (Å²) in [5.41, 5.74) is 3.28. The fourth-order valence-corrected chi connectivity index (χ4v) is 4.93. The van der Waals surface area contributed by atoms with Gasteiger partial charge in [0.05, 0.1) is 6.20 Å². The van der Waals surface area contributed by atoms with Crippen LogP contribution in [0.25, 0.3) is 11.1 Å². The van der Waals surface area contributed by atoms with Crippen molar-refractivity contribution in [3.05, 3.63) is 65.9 Å². The SMILES string of the molecule is CN(C)S(=O)(=O)N1CC[C@@H](c2[nH]ncc2-c2ccnc(NCc3ccccc3F)c2)C1. The van der Waals surface area contributed by atoms with Gasteiger partial charge in [0.15, 0.2) is 0 Å². The van der Waals surface area contributed by atoms with Crippen molar-refractivity contribution in [1.82, 2.24) is 23.8 Å². The predicted octanol–water partition coefficient (Wildman–Crippen LogP) is 2.82. The molecule has 4 rings (SSSR count). The van der Waals surface area contributed by atoms with E-state index in [1.165, 1.54) is 28.8 Å². The molecule has 1 aliphatic heterocycles. The number of H-pyrrole nitrogens is 1. The third-order valence-corrected chi connectivity index (χ3v) is 7.41. The van der Waals surface area contributed by atoms with Gasteiger partial charge in [0, 0.05) is 62.7 Å². The van der Waals surface area contributed by atoms with Gasteiger partial charge in [-0.2, -0.15) is 22.1 Å². The quantitative estimate of drug-likeness (QED) is 0.584. The van der Waals surface area contributed by atoms with E-state index in [1.807, 2.05) is 12.1 Å². The van der Waals surface area contributed by atoms with E-state index in [4.69, 9.17) is 0 Å². The molecule has 31 heavy (non-hydrogen) atoms. The molecule has 1 aromatic carbocycles. The molecule has 0 radical (unpaired) electrons. The van der Waals surface area contributed by atoms with Crippen LogP contribution >= 0.6 is 0 Å². The smallest absolute Gasteiger partial charge is 0.281 e. The summed E-state index contributed by atoms with van der Waals surface area (Å²) >= 11 is 0. The van der Waals surface area contributed by atoms with Crippen LogP contribution in [0.1, 0.15) is 23.6 Å². The Labute approximate surface area is 181 Å². The standard InChI is InChI=1S/C21H25FN6O2S/c1-27(2)31(29,30)28-10-8-17(14-28)21-18(13-25-26-21)15-7-9-23-20(11-15)24-12-16-5-3-4-6-19(16)22/h3-7,9,11,13,17H,8,10,12,14H2,1-2H3,(H,23,24)(H,25,26)/t17-/m1/s1. The second kappa shape index (κ2) is 8.74. The summed E-state index contributed by atoms with van der Waals surface area (Å²) < 4.78 is 41.5. The normalized spacial score (nSPS) is 17.4. The van der Waals surface area contributed by atoms with Crippen molar-refractivity contribution in [2.75, 3.05) is 32.5 Å². The van der Waals surface area contributed by atoms with Crippen LogP contribution in [0.3, 0.4) is 0 Å². The lowest BCUT2D eigenvalue weighted by atomic mass is 9.97. The highest BCUT2D eigenvalue weighted by atomic mass is 32.2. The number of aromatic nitrogens is 3. The van der Waals surface area contributed by atoms with Crippen molar-refractivity contribution in [2.24, 2.45) is 0 Å². The Morgan fingerprint density at radius 1 is 1.29 bits per heavy atom. The van der Waals surface area contributed by atoms with Crippen LogP contribution in [0, 0.1) is 5.82 Å². The number of hydrogen-bond donors (Lipinski definition) is 2. The highest BCUT2D eigenvalue weighted by Crippen LogP contribution is 2.34. The summed E-state index contributed by atoms with van der Waals surface area (Å²) in [7, 11) is -0.363. The first-order valence-corrected chi connectivity index (χ1v) is 11.4. The van der Waals surface area contributed by atoms with E-state index >= 15 is 0 Å². The highest BCUT2D eigenvalue weighted by Gasteiger charge is 2.35. The van der Waals surface area contributed by atoms with Gasteiger partial charge in [-0.1, -0.05) is 18.2 Å². The summed E-state index contributed by atoms with van der Waals surface area (Å²) in [6, 6.07) is 10.4. The van der Waals surface area contributed by atoms with Gasteiger partial charge in [-0.3, -0.25) is 5.10 Å². The third kappa shape index (κ3) is 4.46. The van der Waals surface area contributed by atoms with Crippen molar-refractivity contribution >= 4 is 16.0 Å². The molecule has 0 aliphatic carbocycles. The van der Waals surface area contributed by atoms with Gasteiger partial charge in [0.25, 0.3) is 10.2 Å². The number of aromatic amines is 1. The molecule has 2 aromatic heterocycles. The van der Waals surface area contributed by atoms with Crippen LogP contribution in [0.2, 0.25) is 0 Å². The van der Waals surface area contributed by atoms with Gasteiger partial charge < -0.3 is 5.32 Å². The van der Waals surface area contributed by atoms with Crippen LogP contribution in [-0.4, -0.2) is 59.4 Å². The molecule has 0 spiro atoms. The van der Waals surface area contributed by atoms with E-state index in [0.717, 1.165) is 16.8 Å². The summed E-state index contributed by atoms with van der Waals surface area (Å²) in [5, 5.41) is 10.4. The lowest BCUT2D eigenvalue weighted by Gasteiger charge is -2.20. The van der Waals surface area contributed by atoms with E-state index < -0.39 is 10.2 Å². The number of anilines is 1. The van der Waals surface area contributed by atoms with Gasteiger partial charge in [0.2, 0.25) is 0 Å². The number of nitrogens with one attached hydrogen (secondary N) is 2. The molecule has 10 heteroatoms. The largest absolute Gasteiger partial charge is 0.366 e. The van der Waals surface area contributed by atoms with E-state index in [1.54, 1.807) is 30.6 Å². The number of hydrogen-bond acceptors (Lipinski definition) is 5. The molecule has 1 saturated heterocycles.